The number of anilines is 1. The predicted octanol–water partition coefficient (Wildman–Crippen LogP) is 4.76. The molecule has 4 rings (SSSR count). The Morgan fingerprint density at radius 1 is 0.889 bits per heavy atom. The minimum absolute atomic E-state index is 0.530. The van der Waals surface area contributed by atoms with Crippen molar-refractivity contribution in [2.45, 2.75) is 13.2 Å². The van der Waals surface area contributed by atoms with Gasteiger partial charge in [0.25, 0.3) is 6.29 Å². The Labute approximate surface area is 157 Å². The number of para-hydroxylation sites is 2. The van der Waals surface area contributed by atoms with E-state index in [9.17, 15) is 4.79 Å². The summed E-state index contributed by atoms with van der Waals surface area (Å²) in [6.07, 6.45) is -1.51. The molecule has 0 spiro atoms. The lowest BCUT2D eigenvalue weighted by atomic mass is 10.1. The number of hydrogen-bond acceptors (Lipinski definition) is 4. The molecule has 1 unspecified atom stereocenters. The van der Waals surface area contributed by atoms with Gasteiger partial charge in [-0.05, 0) is 30.7 Å². The van der Waals surface area contributed by atoms with Crippen LogP contribution in [0.5, 0.6) is 5.75 Å². The molecule has 0 aliphatic carbocycles. The van der Waals surface area contributed by atoms with Crippen LogP contribution in [0.2, 0.25) is 0 Å². The summed E-state index contributed by atoms with van der Waals surface area (Å²) in [6, 6.07) is 26.3. The first-order valence-electron chi connectivity index (χ1n) is 8.64. The molecule has 1 aliphatic rings. The van der Waals surface area contributed by atoms with E-state index in [4.69, 9.17) is 9.47 Å². The number of hydrogen-bond donors (Lipinski definition) is 0. The van der Waals surface area contributed by atoms with E-state index in [1.807, 2.05) is 79.7 Å². The first kappa shape index (κ1) is 16.8. The summed E-state index contributed by atoms with van der Waals surface area (Å²) < 4.78 is 11.6. The molecule has 0 fully saturated rings. The third-order valence-corrected chi connectivity index (χ3v) is 4.21. The number of nitrogens with zero attached hydrogens (tertiary/aromatic N) is 2. The second kappa shape index (κ2) is 7.33. The number of ether oxygens (including phenoxy) is 2. The molecule has 1 heterocycles. The highest BCUT2D eigenvalue weighted by Crippen LogP contribution is 2.26. The van der Waals surface area contributed by atoms with Crippen molar-refractivity contribution < 1.29 is 14.3 Å². The van der Waals surface area contributed by atoms with Gasteiger partial charge >= 0.3 is 6.09 Å². The van der Waals surface area contributed by atoms with E-state index >= 15 is 0 Å². The second-order valence-corrected chi connectivity index (χ2v) is 6.10. The summed E-state index contributed by atoms with van der Waals surface area (Å²) in [7, 11) is 0. The maximum atomic E-state index is 12.6. The van der Waals surface area contributed by atoms with Gasteiger partial charge in [-0.2, -0.15) is 10.1 Å². The van der Waals surface area contributed by atoms with Gasteiger partial charge < -0.3 is 9.47 Å². The fourth-order valence-electron chi connectivity index (χ4n) is 2.81. The van der Waals surface area contributed by atoms with E-state index in [-0.39, 0.29) is 0 Å². The molecule has 1 aliphatic heterocycles. The van der Waals surface area contributed by atoms with Crippen molar-refractivity contribution >= 4 is 17.5 Å². The molecule has 5 nitrogen and oxygen atoms in total. The predicted molar refractivity (Wildman–Crippen MR) is 104 cm³/mol. The number of benzene rings is 3. The number of rotatable bonds is 4. The Balaban J connectivity index is 1.75. The fraction of sp³-hybridized carbons (Fsp3) is 0.0909. The van der Waals surface area contributed by atoms with E-state index in [0.29, 0.717) is 17.1 Å². The van der Waals surface area contributed by atoms with Gasteiger partial charge in [0.1, 0.15) is 11.5 Å². The fourth-order valence-corrected chi connectivity index (χ4v) is 2.81. The quantitative estimate of drug-likeness (QED) is 0.675. The molecular formula is C22H18N2O3. The Kier molecular flexibility index (Phi) is 4.58. The van der Waals surface area contributed by atoms with Crippen LogP contribution in [0.15, 0.2) is 90.0 Å². The van der Waals surface area contributed by atoms with Gasteiger partial charge in [0, 0.05) is 5.56 Å². The van der Waals surface area contributed by atoms with Crippen LogP contribution >= 0.6 is 0 Å². The van der Waals surface area contributed by atoms with Crippen LogP contribution in [-0.4, -0.2) is 18.1 Å². The van der Waals surface area contributed by atoms with Crippen molar-refractivity contribution in [3.05, 3.63) is 96.1 Å². The lowest BCUT2D eigenvalue weighted by Gasteiger charge is -2.30. The van der Waals surface area contributed by atoms with Crippen LogP contribution in [0, 0.1) is 6.92 Å². The molecule has 3 aromatic carbocycles. The Hall–Kier alpha value is -3.60. The highest BCUT2D eigenvalue weighted by atomic mass is 16.7. The maximum Gasteiger partial charge on any atom is 0.438 e. The smallest absolute Gasteiger partial charge is 0.438 e. The summed E-state index contributed by atoms with van der Waals surface area (Å²) >= 11 is 0. The number of cyclic esters (lactones) is 1. The number of carbonyl (C=O) groups is 1. The minimum atomic E-state index is -0.930. The standard InChI is InChI=1S/C22H18N2O3/c1-16-10-8-9-15-19(16)26-21-20(17-11-4-2-5-12-17)23-24(22(25)27-21)18-13-6-3-7-14-18/h2-15,21H,1H3. The SMILES string of the molecule is Cc1ccccc1OC1OC(=O)N(c2ccccc2)N=C1c1ccccc1. The lowest BCUT2D eigenvalue weighted by Crippen LogP contribution is -2.44. The third kappa shape index (κ3) is 3.53. The molecule has 0 bridgehead atoms. The van der Waals surface area contributed by atoms with Gasteiger partial charge in [0.15, 0.2) is 0 Å². The van der Waals surface area contributed by atoms with Crippen LogP contribution in [0.1, 0.15) is 11.1 Å². The molecule has 1 amide bonds. The number of hydrazone groups is 1. The normalized spacial score (nSPS) is 16.5. The van der Waals surface area contributed by atoms with Crippen LogP contribution in [-0.2, 0) is 4.74 Å². The van der Waals surface area contributed by atoms with E-state index in [1.165, 1.54) is 5.01 Å². The van der Waals surface area contributed by atoms with Gasteiger partial charge in [-0.15, -0.1) is 0 Å². The van der Waals surface area contributed by atoms with Crippen molar-refractivity contribution in [2.75, 3.05) is 5.01 Å². The zero-order chi connectivity index (χ0) is 18.6. The third-order valence-electron chi connectivity index (χ3n) is 4.21. The van der Waals surface area contributed by atoms with Crippen LogP contribution in [0.25, 0.3) is 0 Å². The molecule has 0 aromatic heterocycles. The Morgan fingerprint density at radius 2 is 1.52 bits per heavy atom. The van der Waals surface area contributed by atoms with E-state index in [0.717, 1.165) is 11.1 Å². The second-order valence-electron chi connectivity index (χ2n) is 6.10. The molecule has 5 heteroatoms. The molecular weight excluding hydrogens is 340 g/mol. The molecule has 134 valence electrons. The summed E-state index contributed by atoms with van der Waals surface area (Å²) in [6.45, 7) is 1.94. The van der Waals surface area contributed by atoms with E-state index < -0.39 is 12.4 Å². The molecule has 0 radical (unpaired) electrons. The highest BCUT2D eigenvalue weighted by Gasteiger charge is 2.34. The number of amides is 1. The number of aryl methyl sites for hydroxylation is 1. The van der Waals surface area contributed by atoms with Gasteiger partial charge in [0.2, 0.25) is 0 Å². The average molecular weight is 358 g/mol. The van der Waals surface area contributed by atoms with Crippen LogP contribution < -0.4 is 9.75 Å². The summed E-state index contributed by atoms with van der Waals surface area (Å²) in [5.74, 6) is 0.645. The Morgan fingerprint density at radius 3 is 2.22 bits per heavy atom. The zero-order valence-electron chi connectivity index (χ0n) is 14.8. The molecule has 27 heavy (non-hydrogen) atoms. The lowest BCUT2D eigenvalue weighted by molar-refractivity contribution is 0.0148. The summed E-state index contributed by atoms with van der Waals surface area (Å²) in [5.41, 5.74) is 2.93. The molecule has 3 aromatic rings. The largest absolute Gasteiger partial charge is 0.449 e. The topological polar surface area (TPSA) is 51.1 Å². The van der Waals surface area contributed by atoms with Crippen molar-refractivity contribution in [3.8, 4) is 5.75 Å². The number of carbonyl (C=O) groups excluding carboxylic acids is 1. The first-order chi connectivity index (χ1) is 13.2. The maximum absolute atomic E-state index is 12.6. The molecule has 0 saturated carbocycles. The highest BCUT2D eigenvalue weighted by molar-refractivity contribution is 6.08. The van der Waals surface area contributed by atoms with Gasteiger partial charge in [-0.3, -0.25) is 0 Å². The van der Waals surface area contributed by atoms with Crippen molar-refractivity contribution in [2.24, 2.45) is 5.10 Å². The van der Waals surface area contributed by atoms with E-state index in [1.54, 1.807) is 12.1 Å². The Bertz CT molecular complexity index is 971. The van der Waals surface area contributed by atoms with Gasteiger partial charge in [0.05, 0.1) is 5.69 Å². The molecule has 0 N–H and O–H groups in total. The molecule has 0 saturated heterocycles. The van der Waals surface area contributed by atoms with Crippen LogP contribution in [0.3, 0.4) is 0 Å². The van der Waals surface area contributed by atoms with Crippen molar-refractivity contribution in [1.82, 2.24) is 0 Å². The summed E-state index contributed by atoms with van der Waals surface area (Å²) in [5, 5.41) is 5.81. The first-order valence-corrected chi connectivity index (χ1v) is 8.64. The molecule has 1 atom stereocenters. The zero-order valence-corrected chi connectivity index (χ0v) is 14.8. The van der Waals surface area contributed by atoms with Crippen LogP contribution in [0.4, 0.5) is 10.5 Å². The minimum Gasteiger partial charge on any atom is -0.449 e. The average Bonchev–Trinajstić information content (AvgIpc) is 2.71. The van der Waals surface area contributed by atoms with Gasteiger partial charge in [-0.1, -0.05) is 66.7 Å². The van der Waals surface area contributed by atoms with Crippen molar-refractivity contribution in [3.63, 3.8) is 0 Å². The summed E-state index contributed by atoms with van der Waals surface area (Å²) in [4.78, 5) is 12.6. The monoisotopic (exact) mass is 358 g/mol. The van der Waals surface area contributed by atoms with E-state index in [2.05, 4.69) is 5.10 Å². The van der Waals surface area contributed by atoms with Crippen molar-refractivity contribution in [1.29, 1.82) is 0 Å². The van der Waals surface area contributed by atoms with Gasteiger partial charge in [-0.25, -0.2) is 4.79 Å².